The Bertz CT molecular complexity index is 527. The highest BCUT2D eigenvalue weighted by Crippen LogP contribution is 2.09. The van der Waals surface area contributed by atoms with Gasteiger partial charge in [-0.25, -0.2) is 4.98 Å². The summed E-state index contributed by atoms with van der Waals surface area (Å²) in [6.45, 7) is 2.71. The highest BCUT2D eigenvalue weighted by atomic mass is 32.1. The van der Waals surface area contributed by atoms with E-state index in [9.17, 15) is 0 Å². The molecule has 0 aliphatic rings. The molecule has 0 aliphatic carbocycles. The molecule has 0 amide bonds. The number of H-pyrrole nitrogens is 1. The van der Waals surface area contributed by atoms with E-state index in [1.807, 2.05) is 29.8 Å². The van der Waals surface area contributed by atoms with E-state index < -0.39 is 0 Å². The van der Waals surface area contributed by atoms with Crippen LogP contribution < -0.4 is 4.74 Å². The molecule has 2 aromatic rings. The first-order chi connectivity index (χ1) is 7.69. The molecular weight excluding hydrogens is 222 g/mol. The van der Waals surface area contributed by atoms with Crippen molar-refractivity contribution in [3.8, 4) is 5.88 Å². The van der Waals surface area contributed by atoms with Gasteiger partial charge in [0, 0.05) is 24.2 Å². The van der Waals surface area contributed by atoms with Crippen molar-refractivity contribution in [2.75, 3.05) is 7.11 Å². The third-order valence-electron chi connectivity index (χ3n) is 2.27. The predicted octanol–water partition coefficient (Wildman–Crippen LogP) is 2.31. The molecule has 0 unspecified atom stereocenters. The molecule has 0 atom stereocenters. The monoisotopic (exact) mass is 235 g/mol. The minimum atomic E-state index is 0.623. The van der Waals surface area contributed by atoms with Crippen LogP contribution in [0.3, 0.4) is 0 Å². The Morgan fingerprint density at radius 3 is 2.81 bits per heavy atom. The fourth-order valence-electron chi connectivity index (χ4n) is 1.50. The number of methoxy groups -OCH3 is 1. The first-order valence-corrected chi connectivity index (χ1v) is 5.35. The zero-order chi connectivity index (χ0) is 11.5. The van der Waals surface area contributed by atoms with Crippen molar-refractivity contribution in [2.24, 2.45) is 0 Å². The van der Waals surface area contributed by atoms with Crippen molar-refractivity contribution in [1.82, 2.24) is 14.5 Å². The maximum atomic E-state index is 5.18. The molecule has 0 spiro atoms. The van der Waals surface area contributed by atoms with Crippen LogP contribution in [0.15, 0.2) is 24.5 Å². The van der Waals surface area contributed by atoms with Gasteiger partial charge in [0.1, 0.15) is 0 Å². The molecule has 0 saturated carbocycles. The van der Waals surface area contributed by atoms with E-state index in [0.29, 0.717) is 5.88 Å². The van der Waals surface area contributed by atoms with Crippen molar-refractivity contribution in [2.45, 2.75) is 13.5 Å². The van der Waals surface area contributed by atoms with Crippen molar-refractivity contribution >= 4 is 12.2 Å². The maximum Gasteiger partial charge on any atom is 0.212 e. The third kappa shape index (κ3) is 2.30. The molecule has 0 bridgehead atoms. The van der Waals surface area contributed by atoms with Crippen LogP contribution in [-0.2, 0) is 6.54 Å². The SMILES string of the molecule is COc1ccc(Cn2cc(C)[nH]c2=S)cn1. The van der Waals surface area contributed by atoms with E-state index in [-0.39, 0.29) is 0 Å². The second kappa shape index (κ2) is 4.49. The molecular formula is C11H13N3OS. The van der Waals surface area contributed by atoms with Crippen LogP contribution in [0, 0.1) is 11.7 Å². The lowest BCUT2D eigenvalue weighted by Gasteiger charge is -2.03. The molecule has 2 aromatic heterocycles. The van der Waals surface area contributed by atoms with E-state index in [4.69, 9.17) is 17.0 Å². The summed E-state index contributed by atoms with van der Waals surface area (Å²) in [5.41, 5.74) is 2.15. The van der Waals surface area contributed by atoms with Gasteiger partial charge in [0.2, 0.25) is 5.88 Å². The van der Waals surface area contributed by atoms with E-state index in [2.05, 4.69) is 9.97 Å². The molecule has 0 aromatic carbocycles. The van der Waals surface area contributed by atoms with Crippen LogP contribution in [0.5, 0.6) is 5.88 Å². The molecule has 4 nitrogen and oxygen atoms in total. The smallest absolute Gasteiger partial charge is 0.212 e. The summed E-state index contributed by atoms with van der Waals surface area (Å²) in [4.78, 5) is 7.23. The summed E-state index contributed by atoms with van der Waals surface area (Å²) in [6, 6.07) is 3.83. The lowest BCUT2D eigenvalue weighted by Crippen LogP contribution is -1.99. The first-order valence-electron chi connectivity index (χ1n) is 4.94. The number of rotatable bonds is 3. The van der Waals surface area contributed by atoms with Crippen LogP contribution in [-0.4, -0.2) is 21.6 Å². The minimum absolute atomic E-state index is 0.623. The molecule has 84 valence electrons. The van der Waals surface area contributed by atoms with Gasteiger partial charge in [-0.05, 0) is 24.7 Å². The highest BCUT2D eigenvalue weighted by molar-refractivity contribution is 7.71. The second-order valence-electron chi connectivity index (χ2n) is 3.58. The van der Waals surface area contributed by atoms with Gasteiger partial charge in [-0.3, -0.25) is 0 Å². The topological polar surface area (TPSA) is 42.8 Å². The van der Waals surface area contributed by atoms with E-state index in [1.54, 1.807) is 13.3 Å². The second-order valence-corrected chi connectivity index (χ2v) is 3.97. The highest BCUT2D eigenvalue weighted by Gasteiger charge is 1.99. The largest absolute Gasteiger partial charge is 0.481 e. The first kappa shape index (κ1) is 10.9. The van der Waals surface area contributed by atoms with Gasteiger partial charge >= 0.3 is 0 Å². The van der Waals surface area contributed by atoms with Gasteiger partial charge < -0.3 is 14.3 Å². The summed E-state index contributed by atoms with van der Waals surface area (Å²) in [5, 5.41) is 0. The predicted molar refractivity (Wildman–Crippen MR) is 64.2 cm³/mol. The summed E-state index contributed by atoms with van der Waals surface area (Å²) < 4.78 is 7.71. The minimum Gasteiger partial charge on any atom is -0.481 e. The molecule has 2 heterocycles. The number of aromatic amines is 1. The van der Waals surface area contributed by atoms with Crippen LogP contribution in [0.2, 0.25) is 0 Å². The number of aryl methyl sites for hydroxylation is 1. The fourth-order valence-corrected chi connectivity index (χ4v) is 1.78. The Balaban J connectivity index is 2.20. The van der Waals surface area contributed by atoms with Crippen LogP contribution in [0.4, 0.5) is 0 Å². The number of imidazole rings is 1. The summed E-state index contributed by atoms with van der Waals surface area (Å²) in [7, 11) is 1.60. The summed E-state index contributed by atoms with van der Waals surface area (Å²) in [5.74, 6) is 0.623. The normalized spacial score (nSPS) is 10.4. The molecule has 0 fully saturated rings. The quantitative estimate of drug-likeness (QED) is 0.830. The van der Waals surface area contributed by atoms with Crippen LogP contribution in [0.25, 0.3) is 0 Å². The van der Waals surface area contributed by atoms with Crippen molar-refractivity contribution in [1.29, 1.82) is 0 Å². The molecule has 16 heavy (non-hydrogen) atoms. The van der Waals surface area contributed by atoms with Gasteiger partial charge in [-0.1, -0.05) is 6.07 Å². The fraction of sp³-hybridized carbons (Fsp3) is 0.273. The Hall–Kier alpha value is -1.62. The Labute approximate surface area is 98.9 Å². The number of pyridine rings is 1. The van der Waals surface area contributed by atoms with Crippen molar-refractivity contribution in [3.63, 3.8) is 0 Å². The molecule has 1 N–H and O–H groups in total. The Kier molecular flexibility index (Phi) is 3.05. The number of nitrogens with zero attached hydrogens (tertiary/aromatic N) is 2. The summed E-state index contributed by atoms with van der Waals surface area (Å²) in [6.07, 6.45) is 3.79. The Morgan fingerprint density at radius 2 is 2.31 bits per heavy atom. The zero-order valence-corrected chi connectivity index (χ0v) is 10.0. The van der Waals surface area contributed by atoms with Gasteiger partial charge in [0.15, 0.2) is 4.77 Å². The lowest BCUT2D eigenvalue weighted by atomic mass is 10.3. The van der Waals surface area contributed by atoms with Crippen molar-refractivity contribution in [3.05, 3.63) is 40.6 Å². The van der Waals surface area contributed by atoms with Gasteiger partial charge in [-0.15, -0.1) is 0 Å². The Morgan fingerprint density at radius 1 is 1.50 bits per heavy atom. The van der Waals surface area contributed by atoms with E-state index in [1.165, 1.54) is 0 Å². The van der Waals surface area contributed by atoms with E-state index >= 15 is 0 Å². The number of hydrogen-bond acceptors (Lipinski definition) is 3. The average Bonchev–Trinajstić information content (AvgIpc) is 2.59. The van der Waals surface area contributed by atoms with Crippen LogP contribution in [0.1, 0.15) is 11.3 Å². The van der Waals surface area contributed by atoms with Crippen LogP contribution >= 0.6 is 12.2 Å². The van der Waals surface area contributed by atoms with Gasteiger partial charge in [-0.2, -0.15) is 0 Å². The standard InChI is InChI=1S/C11H13N3OS/c1-8-6-14(11(16)13-8)7-9-3-4-10(15-2)12-5-9/h3-6H,7H2,1-2H3,(H,13,16). The molecule has 0 radical (unpaired) electrons. The molecule has 0 saturated heterocycles. The van der Waals surface area contributed by atoms with E-state index in [0.717, 1.165) is 22.6 Å². The molecule has 0 aliphatic heterocycles. The average molecular weight is 235 g/mol. The number of ether oxygens (including phenoxy) is 1. The number of nitrogens with one attached hydrogen (secondary N) is 1. The van der Waals surface area contributed by atoms with Crippen molar-refractivity contribution < 1.29 is 4.74 Å². The lowest BCUT2D eigenvalue weighted by molar-refractivity contribution is 0.397. The number of hydrogen-bond donors (Lipinski definition) is 1. The number of aromatic nitrogens is 3. The maximum absolute atomic E-state index is 5.18. The van der Waals surface area contributed by atoms with Gasteiger partial charge in [0.05, 0.1) is 13.7 Å². The molecule has 5 heteroatoms. The zero-order valence-electron chi connectivity index (χ0n) is 9.23. The molecule has 2 rings (SSSR count). The summed E-state index contributed by atoms with van der Waals surface area (Å²) >= 11 is 5.18. The van der Waals surface area contributed by atoms with Gasteiger partial charge in [0.25, 0.3) is 0 Å². The third-order valence-corrected chi connectivity index (χ3v) is 2.61.